The molecule has 0 saturated carbocycles. The van der Waals surface area contributed by atoms with Gasteiger partial charge in [0.05, 0.1) is 12.7 Å². The van der Waals surface area contributed by atoms with E-state index < -0.39 is 5.60 Å². The van der Waals surface area contributed by atoms with Gasteiger partial charge in [-0.05, 0) is 49.6 Å². The molecule has 4 nitrogen and oxygen atoms in total. The van der Waals surface area contributed by atoms with Crippen LogP contribution in [0.15, 0.2) is 54.6 Å². The monoisotopic (exact) mass is 325 g/mol. The first-order chi connectivity index (χ1) is 11.5. The number of carbonyl (C=O) groups excluding carboxylic acids is 1. The Morgan fingerprint density at radius 2 is 1.88 bits per heavy atom. The molecule has 0 aromatic heterocycles. The van der Waals surface area contributed by atoms with Gasteiger partial charge in [0.25, 0.3) is 5.91 Å². The Balaban J connectivity index is 1.80. The van der Waals surface area contributed by atoms with Crippen molar-refractivity contribution in [2.75, 3.05) is 13.7 Å². The van der Waals surface area contributed by atoms with Gasteiger partial charge in [-0.1, -0.05) is 30.3 Å². The standard InChI is InChI=1S/C20H23NO3/c1-20(23)13-17(12-15-8-10-18(24-2)11-9-15)21(14-20)19(22)16-6-4-3-5-7-16/h3-11,17,23H,12-14H2,1-2H3/t17-,20?/m1/s1. The van der Waals surface area contributed by atoms with Crippen molar-refractivity contribution in [1.29, 1.82) is 0 Å². The molecule has 0 spiro atoms. The molecule has 0 aliphatic carbocycles. The highest BCUT2D eigenvalue weighted by Crippen LogP contribution is 2.30. The van der Waals surface area contributed by atoms with Gasteiger partial charge in [-0.15, -0.1) is 0 Å². The third-order valence-corrected chi connectivity index (χ3v) is 4.54. The van der Waals surface area contributed by atoms with Crippen LogP contribution in [0.1, 0.15) is 29.3 Å². The van der Waals surface area contributed by atoms with E-state index in [1.54, 1.807) is 18.9 Å². The van der Waals surface area contributed by atoms with Crippen molar-refractivity contribution in [3.05, 3.63) is 65.7 Å². The summed E-state index contributed by atoms with van der Waals surface area (Å²) in [5, 5.41) is 10.5. The van der Waals surface area contributed by atoms with Gasteiger partial charge in [-0.25, -0.2) is 0 Å². The smallest absolute Gasteiger partial charge is 0.254 e. The molecule has 1 saturated heterocycles. The predicted octanol–water partition coefficient (Wildman–Crippen LogP) is 2.90. The maximum Gasteiger partial charge on any atom is 0.254 e. The van der Waals surface area contributed by atoms with E-state index in [4.69, 9.17) is 4.74 Å². The summed E-state index contributed by atoms with van der Waals surface area (Å²) in [6.07, 6.45) is 1.30. The normalized spacial score (nSPS) is 23.3. The maximum absolute atomic E-state index is 12.8. The second-order valence-electron chi connectivity index (χ2n) is 6.71. The quantitative estimate of drug-likeness (QED) is 0.940. The molecule has 1 heterocycles. The average Bonchev–Trinajstić information content (AvgIpc) is 2.90. The summed E-state index contributed by atoms with van der Waals surface area (Å²) in [5.74, 6) is 0.793. The van der Waals surface area contributed by atoms with Gasteiger partial charge in [0, 0.05) is 18.2 Å². The van der Waals surface area contributed by atoms with Gasteiger partial charge < -0.3 is 14.7 Å². The summed E-state index contributed by atoms with van der Waals surface area (Å²) in [6, 6.07) is 17.1. The number of hydrogen-bond acceptors (Lipinski definition) is 3. The molecule has 1 fully saturated rings. The molecule has 4 heteroatoms. The molecule has 0 bridgehead atoms. The molecule has 3 rings (SSSR count). The molecule has 2 atom stereocenters. The molecule has 1 amide bonds. The fourth-order valence-corrected chi connectivity index (χ4v) is 3.38. The Kier molecular flexibility index (Phi) is 4.58. The summed E-state index contributed by atoms with van der Waals surface area (Å²) in [6.45, 7) is 2.16. The number of methoxy groups -OCH3 is 1. The Hall–Kier alpha value is -2.33. The minimum Gasteiger partial charge on any atom is -0.497 e. The third-order valence-electron chi connectivity index (χ3n) is 4.54. The lowest BCUT2D eigenvalue weighted by Crippen LogP contribution is -2.38. The fraction of sp³-hybridized carbons (Fsp3) is 0.350. The Morgan fingerprint density at radius 1 is 1.21 bits per heavy atom. The van der Waals surface area contributed by atoms with Crippen molar-refractivity contribution in [1.82, 2.24) is 4.90 Å². The van der Waals surface area contributed by atoms with Gasteiger partial charge in [0.2, 0.25) is 0 Å². The topological polar surface area (TPSA) is 49.8 Å². The SMILES string of the molecule is COc1ccc(C[C@@H]2CC(C)(O)CN2C(=O)c2ccccc2)cc1. The van der Waals surface area contributed by atoms with Crippen LogP contribution in [-0.4, -0.2) is 41.2 Å². The van der Waals surface area contributed by atoms with Gasteiger partial charge in [-0.2, -0.15) is 0 Å². The van der Waals surface area contributed by atoms with E-state index >= 15 is 0 Å². The highest BCUT2D eigenvalue weighted by Gasteiger charge is 2.41. The second-order valence-corrected chi connectivity index (χ2v) is 6.71. The third kappa shape index (κ3) is 3.60. The number of amides is 1. The molecule has 2 aromatic rings. The lowest BCUT2D eigenvalue weighted by molar-refractivity contribution is 0.0565. The molecule has 126 valence electrons. The van der Waals surface area contributed by atoms with Crippen molar-refractivity contribution >= 4 is 5.91 Å². The number of benzene rings is 2. The van der Waals surface area contributed by atoms with Crippen molar-refractivity contribution in [3.63, 3.8) is 0 Å². The van der Waals surface area contributed by atoms with E-state index in [-0.39, 0.29) is 11.9 Å². The minimum absolute atomic E-state index is 0.0129. The van der Waals surface area contributed by atoms with Crippen LogP contribution in [0.2, 0.25) is 0 Å². The van der Waals surface area contributed by atoms with Crippen LogP contribution in [-0.2, 0) is 6.42 Å². The second kappa shape index (κ2) is 6.65. The number of rotatable bonds is 4. The zero-order chi connectivity index (χ0) is 17.2. The first kappa shape index (κ1) is 16.5. The fourth-order valence-electron chi connectivity index (χ4n) is 3.38. The van der Waals surface area contributed by atoms with E-state index in [1.165, 1.54) is 0 Å². The largest absolute Gasteiger partial charge is 0.497 e. The van der Waals surface area contributed by atoms with Crippen LogP contribution in [0.5, 0.6) is 5.75 Å². The van der Waals surface area contributed by atoms with Crippen LogP contribution >= 0.6 is 0 Å². The van der Waals surface area contributed by atoms with Crippen LogP contribution in [0.4, 0.5) is 0 Å². The maximum atomic E-state index is 12.8. The Labute approximate surface area is 142 Å². The number of likely N-dealkylation sites (tertiary alicyclic amines) is 1. The van der Waals surface area contributed by atoms with E-state index in [1.807, 2.05) is 54.6 Å². The van der Waals surface area contributed by atoms with Gasteiger partial charge in [-0.3, -0.25) is 4.79 Å². The summed E-state index contributed by atoms with van der Waals surface area (Å²) in [7, 11) is 1.64. The molecule has 1 aliphatic rings. The molecule has 0 radical (unpaired) electrons. The number of ether oxygens (including phenoxy) is 1. The Morgan fingerprint density at radius 3 is 2.50 bits per heavy atom. The number of β-amino-alcohol motifs (C(OH)–C–C–N with tert-alkyl or cyclic N) is 1. The van der Waals surface area contributed by atoms with Gasteiger partial charge >= 0.3 is 0 Å². The lowest BCUT2D eigenvalue weighted by Gasteiger charge is -2.25. The lowest BCUT2D eigenvalue weighted by atomic mass is 9.98. The number of carbonyl (C=O) groups is 1. The van der Waals surface area contributed by atoms with E-state index in [2.05, 4.69) is 0 Å². The van der Waals surface area contributed by atoms with Gasteiger partial charge in [0.15, 0.2) is 0 Å². The average molecular weight is 325 g/mol. The number of aliphatic hydroxyl groups is 1. The molecule has 1 N–H and O–H groups in total. The summed E-state index contributed by atoms with van der Waals surface area (Å²) in [5.41, 5.74) is 0.945. The zero-order valence-electron chi connectivity index (χ0n) is 14.1. The van der Waals surface area contributed by atoms with Crippen LogP contribution in [0.3, 0.4) is 0 Å². The van der Waals surface area contributed by atoms with Crippen molar-refractivity contribution in [2.45, 2.75) is 31.4 Å². The molecule has 1 aliphatic heterocycles. The summed E-state index contributed by atoms with van der Waals surface area (Å²) in [4.78, 5) is 14.6. The van der Waals surface area contributed by atoms with E-state index in [0.717, 1.165) is 17.7 Å². The summed E-state index contributed by atoms with van der Waals surface area (Å²) < 4.78 is 5.18. The van der Waals surface area contributed by atoms with Crippen molar-refractivity contribution < 1.29 is 14.6 Å². The predicted molar refractivity (Wildman–Crippen MR) is 93.2 cm³/mol. The number of nitrogens with zero attached hydrogens (tertiary/aromatic N) is 1. The van der Waals surface area contributed by atoms with Crippen molar-refractivity contribution in [3.8, 4) is 5.75 Å². The molecular weight excluding hydrogens is 302 g/mol. The highest BCUT2D eigenvalue weighted by atomic mass is 16.5. The van der Waals surface area contributed by atoms with Crippen LogP contribution in [0, 0.1) is 0 Å². The summed E-state index contributed by atoms with van der Waals surface area (Å²) >= 11 is 0. The number of hydrogen-bond donors (Lipinski definition) is 1. The Bertz CT molecular complexity index is 695. The van der Waals surface area contributed by atoms with Crippen molar-refractivity contribution in [2.24, 2.45) is 0 Å². The zero-order valence-corrected chi connectivity index (χ0v) is 14.1. The molecule has 1 unspecified atom stereocenters. The van der Waals surface area contributed by atoms with E-state index in [0.29, 0.717) is 18.5 Å². The molecule has 2 aromatic carbocycles. The first-order valence-electron chi connectivity index (χ1n) is 8.20. The van der Waals surface area contributed by atoms with Crippen LogP contribution in [0.25, 0.3) is 0 Å². The highest BCUT2D eigenvalue weighted by molar-refractivity contribution is 5.94. The van der Waals surface area contributed by atoms with Gasteiger partial charge in [0.1, 0.15) is 5.75 Å². The minimum atomic E-state index is -0.846. The molecular formula is C20H23NO3. The van der Waals surface area contributed by atoms with E-state index in [9.17, 15) is 9.90 Å². The molecule has 24 heavy (non-hydrogen) atoms. The first-order valence-corrected chi connectivity index (χ1v) is 8.20. The van der Waals surface area contributed by atoms with Crippen LogP contribution < -0.4 is 4.74 Å².